The van der Waals surface area contributed by atoms with E-state index < -0.39 is 23.4 Å². The van der Waals surface area contributed by atoms with Gasteiger partial charge in [-0.15, -0.1) is 0 Å². The Morgan fingerprint density at radius 2 is 1.57 bits per heavy atom. The molecule has 0 aromatic carbocycles. The molecule has 0 aliphatic carbocycles. The molecule has 2 aromatic rings. The lowest BCUT2D eigenvalue weighted by Crippen LogP contribution is -2.43. The predicted octanol–water partition coefficient (Wildman–Crippen LogP) is 5.48. The topological polar surface area (TPSA) is 94.8 Å². The first-order chi connectivity index (χ1) is 12.8. The quantitative estimate of drug-likeness (QED) is 0.593. The van der Waals surface area contributed by atoms with Crippen LogP contribution in [0, 0.1) is 6.92 Å². The number of rotatable bonds is 2. The largest absolute Gasteiger partial charge is 0.443 e. The number of ether oxygens (including phenoxy) is 2. The molecule has 2 heterocycles. The van der Waals surface area contributed by atoms with Crippen molar-refractivity contribution in [1.82, 2.24) is 9.97 Å². The third-order valence-corrected chi connectivity index (χ3v) is 3.85. The number of hydrogen-bond donors (Lipinski definition) is 0. The molecular formula is C19H24BrN3O5. The van der Waals surface area contributed by atoms with Crippen LogP contribution in [0.25, 0.3) is 11.6 Å². The minimum absolute atomic E-state index is 0.203. The summed E-state index contributed by atoms with van der Waals surface area (Å²) in [5.41, 5.74) is -0.917. The van der Waals surface area contributed by atoms with E-state index in [1.807, 2.05) is 0 Å². The van der Waals surface area contributed by atoms with Crippen molar-refractivity contribution in [1.29, 1.82) is 0 Å². The number of aromatic nitrogens is 2. The first-order valence-electron chi connectivity index (χ1n) is 8.62. The molecule has 0 radical (unpaired) electrons. The first-order valence-corrected chi connectivity index (χ1v) is 9.41. The second kappa shape index (κ2) is 7.90. The van der Waals surface area contributed by atoms with E-state index in [9.17, 15) is 9.59 Å². The summed E-state index contributed by atoms with van der Waals surface area (Å²) in [6, 6.07) is 3.14. The normalized spacial score (nSPS) is 11.9. The SMILES string of the molecule is Cc1oc(-c2ccc(N(C(=O)OC(C)(C)C)C(=O)OC(C)(C)C)cn2)nc1Br. The van der Waals surface area contributed by atoms with Gasteiger partial charge in [0.15, 0.2) is 0 Å². The minimum atomic E-state index is -0.856. The number of aryl methyl sites for hydroxylation is 1. The number of nitrogens with zero attached hydrogens (tertiary/aromatic N) is 3. The van der Waals surface area contributed by atoms with Crippen LogP contribution in [0.2, 0.25) is 0 Å². The van der Waals surface area contributed by atoms with E-state index in [0.29, 0.717) is 21.9 Å². The van der Waals surface area contributed by atoms with Crippen molar-refractivity contribution in [2.24, 2.45) is 0 Å². The van der Waals surface area contributed by atoms with Gasteiger partial charge in [-0.05, 0) is 76.5 Å². The fourth-order valence-electron chi connectivity index (χ4n) is 2.03. The lowest BCUT2D eigenvalue weighted by molar-refractivity contribution is 0.0430. The van der Waals surface area contributed by atoms with Crippen LogP contribution >= 0.6 is 15.9 Å². The number of pyridine rings is 1. The molecule has 0 spiro atoms. The van der Waals surface area contributed by atoms with Gasteiger partial charge >= 0.3 is 12.2 Å². The smallest absolute Gasteiger partial charge is 0.424 e. The van der Waals surface area contributed by atoms with Crippen molar-refractivity contribution in [2.75, 3.05) is 4.90 Å². The van der Waals surface area contributed by atoms with Crippen molar-refractivity contribution >= 4 is 33.8 Å². The Morgan fingerprint density at radius 3 is 1.93 bits per heavy atom. The van der Waals surface area contributed by atoms with Gasteiger partial charge < -0.3 is 13.9 Å². The fourth-order valence-corrected chi connectivity index (χ4v) is 2.27. The molecule has 2 amide bonds. The van der Waals surface area contributed by atoms with Crippen LogP contribution in [-0.2, 0) is 9.47 Å². The van der Waals surface area contributed by atoms with Crippen molar-refractivity contribution in [3.63, 3.8) is 0 Å². The zero-order chi connectivity index (χ0) is 21.3. The number of imide groups is 1. The summed E-state index contributed by atoms with van der Waals surface area (Å²) in [5, 5.41) is 0. The number of oxazole rings is 1. The maximum Gasteiger partial charge on any atom is 0.424 e. The molecule has 28 heavy (non-hydrogen) atoms. The average Bonchev–Trinajstić information content (AvgIpc) is 2.84. The van der Waals surface area contributed by atoms with Gasteiger partial charge in [-0.25, -0.2) is 19.6 Å². The van der Waals surface area contributed by atoms with Gasteiger partial charge in [-0.1, -0.05) is 0 Å². The molecular weight excluding hydrogens is 430 g/mol. The molecule has 152 valence electrons. The Hall–Kier alpha value is -2.42. The molecule has 0 bridgehead atoms. The van der Waals surface area contributed by atoms with Crippen molar-refractivity contribution in [2.45, 2.75) is 59.7 Å². The first kappa shape index (κ1) is 21.9. The summed E-state index contributed by atoms with van der Waals surface area (Å²) >= 11 is 3.28. The van der Waals surface area contributed by atoms with Gasteiger partial charge in [0.1, 0.15) is 27.3 Å². The van der Waals surface area contributed by atoms with Crippen LogP contribution < -0.4 is 4.90 Å². The second-order valence-electron chi connectivity index (χ2n) is 8.06. The highest BCUT2D eigenvalue weighted by Crippen LogP contribution is 2.26. The summed E-state index contributed by atoms with van der Waals surface area (Å²) in [6.07, 6.45) is -0.353. The third kappa shape index (κ3) is 5.79. The minimum Gasteiger partial charge on any atom is -0.443 e. The molecule has 0 unspecified atom stereocenters. The summed E-state index contributed by atoms with van der Waals surface area (Å²) in [7, 11) is 0. The van der Waals surface area contributed by atoms with E-state index in [1.54, 1.807) is 60.6 Å². The molecule has 0 saturated heterocycles. The lowest BCUT2D eigenvalue weighted by atomic mass is 10.2. The third-order valence-electron chi connectivity index (χ3n) is 3.12. The molecule has 2 rings (SSSR count). The molecule has 0 fully saturated rings. The van der Waals surface area contributed by atoms with Gasteiger partial charge in [0.25, 0.3) is 0 Å². The summed E-state index contributed by atoms with van der Waals surface area (Å²) < 4.78 is 16.8. The molecule has 0 saturated carbocycles. The van der Waals surface area contributed by atoms with Crippen LogP contribution in [0.1, 0.15) is 47.3 Å². The zero-order valence-corrected chi connectivity index (χ0v) is 18.6. The van der Waals surface area contributed by atoms with Crippen LogP contribution in [-0.4, -0.2) is 33.4 Å². The maximum atomic E-state index is 12.6. The number of anilines is 1. The number of amides is 2. The molecule has 0 atom stereocenters. The van der Waals surface area contributed by atoms with Gasteiger partial charge in [0.2, 0.25) is 5.89 Å². The van der Waals surface area contributed by atoms with E-state index in [4.69, 9.17) is 13.9 Å². The molecule has 0 aliphatic rings. The van der Waals surface area contributed by atoms with E-state index in [-0.39, 0.29) is 5.69 Å². The van der Waals surface area contributed by atoms with Gasteiger partial charge in [0.05, 0.1) is 11.9 Å². The van der Waals surface area contributed by atoms with Crippen LogP contribution in [0.5, 0.6) is 0 Å². The molecule has 2 aromatic heterocycles. The van der Waals surface area contributed by atoms with Crippen molar-refractivity contribution in [3.05, 3.63) is 28.7 Å². The Labute approximate surface area is 172 Å². The molecule has 8 nitrogen and oxygen atoms in total. The monoisotopic (exact) mass is 453 g/mol. The van der Waals surface area contributed by atoms with Gasteiger partial charge in [-0.3, -0.25) is 0 Å². The Kier molecular flexibility index (Phi) is 6.18. The molecule has 0 N–H and O–H groups in total. The van der Waals surface area contributed by atoms with E-state index >= 15 is 0 Å². The van der Waals surface area contributed by atoms with E-state index in [1.165, 1.54) is 6.20 Å². The maximum absolute atomic E-state index is 12.6. The Morgan fingerprint density at radius 1 is 1.04 bits per heavy atom. The molecule has 9 heteroatoms. The summed E-state index contributed by atoms with van der Waals surface area (Å²) in [5.74, 6) is 0.932. The summed E-state index contributed by atoms with van der Waals surface area (Å²) in [6.45, 7) is 12.0. The van der Waals surface area contributed by atoms with Crippen LogP contribution in [0.15, 0.2) is 27.3 Å². The average molecular weight is 454 g/mol. The van der Waals surface area contributed by atoms with Crippen LogP contribution in [0.3, 0.4) is 0 Å². The lowest BCUT2D eigenvalue weighted by Gasteiger charge is -2.28. The van der Waals surface area contributed by atoms with Crippen molar-refractivity contribution < 1.29 is 23.5 Å². The standard InChI is InChI=1S/C19H24BrN3O5/c1-11-14(20)22-15(26-11)13-9-8-12(10-21-13)23(16(24)27-18(2,3)4)17(25)28-19(5,6)7/h8-10H,1-7H3. The van der Waals surface area contributed by atoms with Crippen molar-refractivity contribution in [3.8, 4) is 11.6 Å². The zero-order valence-electron chi connectivity index (χ0n) is 17.0. The highest BCUT2D eigenvalue weighted by atomic mass is 79.9. The highest BCUT2D eigenvalue weighted by Gasteiger charge is 2.33. The molecule has 0 aliphatic heterocycles. The van der Waals surface area contributed by atoms with E-state index in [2.05, 4.69) is 25.9 Å². The van der Waals surface area contributed by atoms with Gasteiger partial charge in [-0.2, -0.15) is 4.90 Å². The van der Waals surface area contributed by atoms with Crippen LogP contribution in [0.4, 0.5) is 15.3 Å². The fraction of sp³-hybridized carbons (Fsp3) is 0.474. The predicted molar refractivity (Wildman–Crippen MR) is 107 cm³/mol. The number of halogens is 1. The Bertz CT molecular complexity index is 816. The number of hydrogen-bond acceptors (Lipinski definition) is 7. The van der Waals surface area contributed by atoms with E-state index in [0.717, 1.165) is 4.90 Å². The number of carbonyl (C=O) groups excluding carboxylic acids is 2. The number of carbonyl (C=O) groups is 2. The van der Waals surface area contributed by atoms with Gasteiger partial charge in [0, 0.05) is 0 Å². The Balaban J connectivity index is 2.36. The second-order valence-corrected chi connectivity index (χ2v) is 8.81. The summed E-state index contributed by atoms with van der Waals surface area (Å²) in [4.78, 5) is 34.5. The highest BCUT2D eigenvalue weighted by molar-refractivity contribution is 9.10.